The Labute approximate surface area is 167 Å². The predicted molar refractivity (Wildman–Crippen MR) is 111 cm³/mol. The SMILES string of the molecule is Cc1ccc2c(c1)SC(c1ccc(-c3ccc(C(C#N)C#N)cc3)cc1)S2. The van der Waals surface area contributed by atoms with Gasteiger partial charge >= 0.3 is 0 Å². The highest BCUT2D eigenvalue weighted by atomic mass is 32.2. The Balaban J connectivity index is 1.52. The lowest BCUT2D eigenvalue weighted by Gasteiger charge is -2.10. The first-order chi connectivity index (χ1) is 13.2. The van der Waals surface area contributed by atoms with Gasteiger partial charge in [0, 0.05) is 9.79 Å². The summed E-state index contributed by atoms with van der Waals surface area (Å²) in [5.74, 6) is -0.705. The number of rotatable bonds is 3. The molecule has 1 aliphatic heterocycles. The minimum Gasteiger partial charge on any atom is -0.196 e. The summed E-state index contributed by atoms with van der Waals surface area (Å²) >= 11 is 3.83. The molecule has 0 aliphatic carbocycles. The zero-order valence-corrected chi connectivity index (χ0v) is 16.3. The van der Waals surface area contributed by atoms with E-state index in [0.717, 1.165) is 16.7 Å². The van der Waals surface area contributed by atoms with Crippen LogP contribution in [0.2, 0.25) is 0 Å². The smallest absolute Gasteiger partial charge is 0.158 e. The van der Waals surface area contributed by atoms with E-state index in [-0.39, 0.29) is 0 Å². The number of benzene rings is 3. The third-order valence-corrected chi connectivity index (χ3v) is 7.47. The largest absolute Gasteiger partial charge is 0.196 e. The van der Waals surface area contributed by atoms with E-state index >= 15 is 0 Å². The van der Waals surface area contributed by atoms with Crippen molar-refractivity contribution in [3.05, 3.63) is 83.4 Å². The van der Waals surface area contributed by atoms with Gasteiger partial charge in [-0.05, 0) is 46.9 Å². The molecule has 0 aromatic heterocycles. The Kier molecular flexibility index (Phi) is 4.94. The summed E-state index contributed by atoms with van der Waals surface area (Å²) in [4.78, 5) is 2.73. The van der Waals surface area contributed by atoms with Gasteiger partial charge in [-0.3, -0.25) is 0 Å². The summed E-state index contributed by atoms with van der Waals surface area (Å²) in [6.07, 6.45) is 0. The van der Waals surface area contributed by atoms with Crippen molar-refractivity contribution < 1.29 is 0 Å². The molecule has 130 valence electrons. The summed E-state index contributed by atoms with van der Waals surface area (Å²) in [6.45, 7) is 2.13. The molecule has 1 aliphatic rings. The van der Waals surface area contributed by atoms with Gasteiger partial charge in [0.2, 0.25) is 0 Å². The molecule has 0 radical (unpaired) electrons. The van der Waals surface area contributed by atoms with Crippen LogP contribution in [-0.4, -0.2) is 0 Å². The molecule has 0 spiro atoms. The Morgan fingerprint density at radius 1 is 0.778 bits per heavy atom. The van der Waals surface area contributed by atoms with Crippen LogP contribution in [0.15, 0.2) is 76.5 Å². The maximum absolute atomic E-state index is 9.00. The van der Waals surface area contributed by atoms with E-state index in [1.54, 1.807) is 0 Å². The van der Waals surface area contributed by atoms with Gasteiger partial charge < -0.3 is 0 Å². The highest BCUT2D eigenvalue weighted by molar-refractivity contribution is 8.18. The van der Waals surface area contributed by atoms with E-state index in [1.807, 2.05) is 59.9 Å². The van der Waals surface area contributed by atoms with Crippen molar-refractivity contribution in [1.29, 1.82) is 10.5 Å². The average molecular weight is 385 g/mol. The van der Waals surface area contributed by atoms with Crippen molar-refractivity contribution in [1.82, 2.24) is 0 Å². The second kappa shape index (κ2) is 7.53. The molecule has 2 nitrogen and oxygen atoms in total. The first-order valence-electron chi connectivity index (χ1n) is 8.61. The monoisotopic (exact) mass is 384 g/mol. The van der Waals surface area contributed by atoms with Crippen LogP contribution in [0, 0.1) is 29.6 Å². The quantitative estimate of drug-likeness (QED) is 0.505. The number of nitriles is 2. The van der Waals surface area contributed by atoms with Crippen LogP contribution < -0.4 is 0 Å². The van der Waals surface area contributed by atoms with Crippen molar-refractivity contribution in [2.24, 2.45) is 0 Å². The number of thioether (sulfide) groups is 2. The zero-order chi connectivity index (χ0) is 18.8. The molecule has 1 heterocycles. The summed E-state index contributed by atoms with van der Waals surface area (Å²) in [5, 5.41) is 18.0. The lowest BCUT2D eigenvalue weighted by molar-refractivity contribution is 1.10. The third kappa shape index (κ3) is 3.60. The standard InChI is InChI=1S/C23H16N2S2/c1-15-2-11-21-22(12-15)27-23(26-21)19-9-7-17(8-10-19)16-3-5-18(6-4-16)20(13-24)14-25/h2-12,20,23H,1H3. The Morgan fingerprint density at radius 2 is 1.37 bits per heavy atom. The molecule has 4 heteroatoms. The predicted octanol–water partition coefficient (Wildman–Crippen LogP) is 6.69. The van der Waals surface area contributed by atoms with E-state index in [4.69, 9.17) is 10.5 Å². The van der Waals surface area contributed by atoms with Gasteiger partial charge in [-0.1, -0.05) is 54.6 Å². The van der Waals surface area contributed by atoms with Crippen LogP contribution in [0.3, 0.4) is 0 Å². The minimum atomic E-state index is -0.705. The molecule has 1 atom stereocenters. The maximum atomic E-state index is 9.00. The van der Waals surface area contributed by atoms with Gasteiger partial charge in [0.15, 0.2) is 5.92 Å². The fraction of sp³-hybridized carbons (Fsp3) is 0.130. The fourth-order valence-corrected chi connectivity index (χ4v) is 5.98. The molecule has 0 saturated carbocycles. The maximum Gasteiger partial charge on any atom is 0.158 e. The third-order valence-electron chi connectivity index (χ3n) is 4.59. The number of fused-ring (bicyclic) bond motifs is 1. The Hall–Kier alpha value is -2.66. The van der Waals surface area contributed by atoms with Crippen molar-refractivity contribution in [3.8, 4) is 23.3 Å². The van der Waals surface area contributed by atoms with Crippen molar-refractivity contribution in [2.75, 3.05) is 0 Å². The van der Waals surface area contributed by atoms with Crippen LogP contribution in [-0.2, 0) is 0 Å². The molecule has 3 aromatic rings. The molecule has 0 bridgehead atoms. The first-order valence-corrected chi connectivity index (χ1v) is 10.4. The van der Waals surface area contributed by atoms with E-state index in [0.29, 0.717) is 4.58 Å². The summed E-state index contributed by atoms with van der Waals surface area (Å²) in [6, 6.07) is 27.0. The molecular weight excluding hydrogens is 368 g/mol. The van der Waals surface area contributed by atoms with Crippen LogP contribution >= 0.6 is 23.5 Å². The topological polar surface area (TPSA) is 47.6 Å². The van der Waals surface area contributed by atoms with Gasteiger partial charge in [-0.25, -0.2) is 0 Å². The van der Waals surface area contributed by atoms with Crippen molar-refractivity contribution >= 4 is 23.5 Å². The van der Waals surface area contributed by atoms with Gasteiger partial charge in [-0.2, -0.15) is 10.5 Å². The highest BCUT2D eigenvalue weighted by Gasteiger charge is 2.24. The molecule has 3 aromatic carbocycles. The van der Waals surface area contributed by atoms with Gasteiger partial charge in [-0.15, -0.1) is 23.5 Å². The second-order valence-corrected chi connectivity index (χ2v) is 9.05. The number of hydrogen-bond acceptors (Lipinski definition) is 4. The highest BCUT2D eigenvalue weighted by Crippen LogP contribution is 2.56. The normalized spacial score (nSPS) is 15.2. The Morgan fingerprint density at radius 3 is 2.00 bits per heavy atom. The molecular formula is C23H16N2S2. The summed E-state index contributed by atoms with van der Waals surface area (Å²) in [5.41, 5.74) is 5.58. The lowest BCUT2D eigenvalue weighted by atomic mass is 9.98. The van der Waals surface area contributed by atoms with E-state index < -0.39 is 5.92 Å². The Bertz CT molecular complexity index is 1040. The van der Waals surface area contributed by atoms with Crippen LogP contribution in [0.5, 0.6) is 0 Å². The second-order valence-electron chi connectivity index (χ2n) is 6.45. The molecule has 4 rings (SSSR count). The van der Waals surface area contributed by atoms with Crippen LogP contribution in [0.4, 0.5) is 0 Å². The summed E-state index contributed by atoms with van der Waals surface area (Å²) < 4.78 is 0.394. The van der Waals surface area contributed by atoms with E-state index in [2.05, 4.69) is 49.4 Å². The van der Waals surface area contributed by atoms with E-state index in [1.165, 1.54) is 20.9 Å². The lowest BCUT2D eigenvalue weighted by Crippen LogP contribution is -1.91. The molecule has 0 N–H and O–H groups in total. The number of nitrogens with zero attached hydrogens (tertiary/aromatic N) is 2. The van der Waals surface area contributed by atoms with Crippen molar-refractivity contribution in [3.63, 3.8) is 0 Å². The van der Waals surface area contributed by atoms with Gasteiger partial charge in [0.25, 0.3) is 0 Å². The van der Waals surface area contributed by atoms with Crippen LogP contribution in [0.25, 0.3) is 11.1 Å². The number of hydrogen-bond donors (Lipinski definition) is 0. The zero-order valence-electron chi connectivity index (χ0n) is 14.7. The molecule has 1 unspecified atom stereocenters. The molecule has 27 heavy (non-hydrogen) atoms. The molecule has 0 saturated heterocycles. The van der Waals surface area contributed by atoms with Gasteiger partial charge in [0.1, 0.15) is 0 Å². The van der Waals surface area contributed by atoms with E-state index in [9.17, 15) is 0 Å². The summed E-state index contributed by atoms with van der Waals surface area (Å²) in [7, 11) is 0. The van der Waals surface area contributed by atoms with Gasteiger partial charge in [0.05, 0.1) is 16.7 Å². The molecule has 0 fully saturated rings. The average Bonchev–Trinajstić information content (AvgIpc) is 3.13. The molecule has 0 amide bonds. The first kappa shape index (κ1) is 17.7. The fourth-order valence-electron chi connectivity index (χ4n) is 3.07. The number of aryl methyl sites for hydroxylation is 1. The van der Waals surface area contributed by atoms with Crippen molar-refractivity contribution in [2.45, 2.75) is 27.2 Å². The van der Waals surface area contributed by atoms with Crippen LogP contribution in [0.1, 0.15) is 27.2 Å². The minimum absolute atomic E-state index is 0.394.